The zero-order valence-electron chi connectivity index (χ0n) is 13.4. The minimum absolute atomic E-state index is 0.291. The van der Waals surface area contributed by atoms with E-state index >= 15 is 0 Å². The largest absolute Gasteiger partial charge is 0.366 e. The van der Waals surface area contributed by atoms with Gasteiger partial charge in [0.25, 0.3) is 0 Å². The van der Waals surface area contributed by atoms with E-state index < -0.39 is 11.8 Å². The van der Waals surface area contributed by atoms with Crippen molar-refractivity contribution in [1.29, 1.82) is 0 Å². The number of nitrogens with zero attached hydrogens (tertiary/aromatic N) is 2. The molecule has 0 saturated carbocycles. The van der Waals surface area contributed by atoms with Crippen LogP contribution in [0.3, 0.4) is 0 Å². The molecule has 130 valence electrons. The maximum absolute atomic E-state index is 13.8. The molecular formula is C18H17ClFN3O2. The third-order valence-corrected chi connectivity index (χ3v) is 4.27. The first-order valence-electron chi connectivity index (χ1n) is 7.90. The smallest absolute Gasteiger partial charge is 0.313 e. The van der Waals surface area contributed by atoms with Crippen molar-refractivity contribution in [2.24, 2.45) is 0 Å². The molecule has 1 N–H and O–H groups in total. The molecule has 0 bridgehead atoms. The molecule has 0 spiro atoms. The number of hydrogen-bond donors (Lipinski definition) is 1. The standard InChI is InChI=1S/C18H17ClFN3O2/c19-13-4-3-5-14(12-13)21-17(24)18(25)23-10-8-22(9-11-23)16-7-2-1-6-15(16)20/h1-7,12H,8-11H2,(H,21,24). The molecule has 7 heteroatoms. The second-order valence-electron chi connectivity index (χ2n) is 5.70. The molecule has 1 fully saturated rings. The summed E-state index contributed by atoms with van der Waals surface area (Å²) in [4.78, 5) is 27.7. The molecule has 2 amide bonds. The van der Waals surface area contributed by atoms with Gasteiger partial charge in [-0.05, 0) is 30.3 Å². The van der Waals surface area contributed by atoms with Crippen LogP contribution in [0, 0.1) is 5.82 Å². The van der Waals surface area contributed by atoms with E-state index in [9.17, 15) is 14.0 Å². The van der Waals surface area contributed by atoms with E-state index in [1.807, 2.05) is 4.90 Å². The topological polar surface area (TPSA) is 52.7 Å². The number of para-hydroxylation sites is 1. The van der Waals surface area contributed by atoms with Crippen molar-refractivity contribution >= 4 is 34.8 Å². The van der Waals surface area contributed by atoms with Gasteiger partial charge in [-0.2, -0.15) is 0 Å². The van der Waals surface area contributed by atoms with Gasteiger partial charge in [-0.3, -0.25) is 9.59 Å². The van der Waals surface area contributed by atoms with Gasteiger partial charge < -0.3 is 15.1 Å². The Hall–Kier alpha value is -2.60. The van der Waals surface area contributed by atoms with E-state index in [-0.39, 0.29) is 5.82 Å². The fourth-order valence-electron chi connectivity index (χ4n) is 2.75. The molecule has 1 aliphatic rings. The maximum atomic E-state index is 13.8. The Morgan fingerprint density at radius 3 is 2.40 bits per heavy atom. The summed E-state index contributed by atoms with van der Waals surface area (Å²) in [5, 5.41) is 3.02. The van der Waals surface area contributed by atoms with Crippen LogP contribution in [0.25, 0.3) is 0 Å². The maximum Gasteiger partial charge on any atom is 0.313 e. The minimum atomic E-state index is -0.707. The van der Waals surface area contributed by atoms with Crippen molar-refractivity contribution in [2.75, 3.05) is 36.4 Å². The molecule has 0 radical (unpaired) electrons. The molecule has 0 atom stereocenters. The van der Waals surface area contributed by atoms with Gasteiger partial charge in [-0.15, -0.1) is 0 Å². The molecule has 2 aromatic rings. The minimum Gasteiger partial charge on any atom is -0.366 e. The number of benzene rings is 2. The van der Waals surface area contributed by atoms with E-state index in [4.69, 9.17) is 11.6 Å². The van der Waals surface area contributed by atoms with Gasteiger partial charge in [0.05, 0.1) is 5.69 Å². The van der Waals surface area contributed by atoms with Crippen LogP contribution in [0.1, 0.15) is 0 Å². The van der Waals surface area contributed by atoms with Crippen LogP contribution < -0.4 is 10.2 Å². The van der Waals surface area contributed by atoms with Crippen molar-refractivity contribution in [1.82, 2.24) is 4.90 Å². The fourth-order valence-corrected chi connectivity index (χ4v) is 2.94. The van der Waals surface area contributed by atoms with Gasteiger partial charge in [0.15, 0.2) is 0 Å². The first-order valence-corrected chi connectivity index (χ1v) is 8.28. The first-order chi connectivity index (χ1) is 12.0. The van der Waals surface area contributed by atoms with E-state index in [2.05, 4.69) is 5.32 Å². The number of nitrogens with one attached hydrogen (secondary N) is 1. The molecule has 1 heterocycles. The summed E-state index contributed by atoms with van der Waals surface area (Å²) in [7, 11) is 0. The fraction of sp³-hybridized carbons (Fsp3) is 0.222. The molecular weight excluding hydrogens is 345 g/mol. The lowest BCUT2D eigenvalue weighted by Gasteiger charge is -2.35. The van der Waals surface area contributed by atoms with Gasteiger partial charge in [0, 0.05) is 36.9 Å². The average Bonchev–Trinajstić information content (AvgIpc) is 2.62. The van der Waals surface area contributed by atoms with Crippen LogP contribution in [0.4, 0.5) is 15.8 Å². The van der Waals surface area contributed by atoms with E-state index in [0.717, 1.165) is 0 Å². The van der Waals surface area contributed by atoms with Crippen molar-refractivity contribution < 1.29 is 14.0 Å². The SMILES string of the molecule is O=C(Nc1cccc(Cl)c1)C(=O)N1CCN(c2ccccc2F)CC1. The lowest BCUT2D eigenvalue weighted by Crippen LogP contribution is -2.51. The monoisotopic (exact) mass is 361 g/mol. The lowest BCUT2D eigenvalue weighted by atomic mass is 10.2. The van der Waals surface area contributed by atoms with Crippen LogP contribution in [0.15, 0.2) is 48.5 Å². The van der Waals surface area contributed by atoms with E-state index in [0.29, 0.717) is 42.6 Å². The van der Waals surface area contributed by atoms with Crippen LogP contribution in [-0.4, -0.2) is 42.9 Å². The van der Waals surface area contributed by atoms with Gasteiger partial charge >= 0.3 is 11.8 Å². The summed E-state index contributed by atoms with van der Waals surface area (Å²) in [6, 6.07) is 13.1. The van der Waals surface area contributed by atoms with E-state index in [1.54, 1.807) is 42.5 Å². The molecule has 1 aliphatic heterocycles. The number of anilines is 2. The highest BCUT2D eigenvalue weighted by Crippen LogP contribution is 2.20. The third-order valence-electron chi connectivity index (χ3n) is 4.04. The van der Waals surface area contributed by atoms with Gasteiger partial charge in [0.1, 0.15) is 5.82 Å². The van der Waals surface area contributed by atoms with E-state index in [1.165, 1.54) is 11.0 Å². The Bertz CT molecular complexity index is 791. The van der Waals surface area contributed by atoms with Gasteiger partial charge in [-0.1, -0.05) is 29.8 Å². The Balaban J connectivity index is 1.58. The van der Waals surface area contributed by atoms with Crippen molar-refractivity contribution in [3.05, 3.63) is 59.4 Å². The number of carbonyl (C=O) groups excluding carboxylic acids is 2. The number of amides is 2. The normalized spacial score (nSPS) is 14.3. The average molecular weight is 362 g/mol. The van der Waals surface area contributed by atoms with Crippen molar-refractivity contribution in [3.63, 3.8) is 0 Å². The second kappa shape index (κ2) is 7.53. The number of hydrogen-bond acceptors (Lipinski definition) is 3. The zero-order chi connectivity index (χ0) is 17.8. The van der Waals surface area contributed by atoms with Crippen molar-refractivity contribution in [2.45, 2.75) is 0 Å². The molecule has 5 nitrogen and oxygen atoms in total. The summed E-state index contributed by atoms with van der Waals surface area (Å²) in [6.45, 7) is 1.65. The zero-order valence-corrected chi connectivity index (χ0v) is 14.2. The molecule has 0 aromatic heterocycles. The number of carbonyl (C=O) groups is 2. The summed E-state index contributed by atoms with van der Waals surface area (Å²) in [5.74, 6) is -1.60. The summed E-state index contributed by atoms with van der Waals surface area (Å²) >= 11 is 5.86. The van der Waals surface area contributed by atoms with Gasteiger partial charge in [0.2, 0.25) is 0 Å². The highest BCUT2D eigenvalue weighted by molar-refractivity contribution is 6.39. The third kappa shape index (κ3) is 4.09. The van der Waals surface area contributed by atoms with Crippen LogP contribution in [0.5, 0.6) is 0 Å². The highest BCUT2D eigenvalue weighted by Gasteiger charge is 2.27. The Labute approximate surface area is 150 Å². The summed E-state index contributed by atoms with van der Waals surface area (Å²) in [6.07, 6.45) is 0. The molecule has 0 unspecified atom stereocenters. The van der Waals surface area contributed by atoms with Crippen LogP contribution >= 0.6 is 11.6 Å². The number of piperazine rings is 1. The molecule has 25 heavy (non-hydrogen) atoms. The molecule has 2 aromatic carbocycles. The van der Waals surface area contributed by atoms with Crippen molar-refractivity contribution in [3.8, 4) is 0 Å². The summed E-state index contributed by atoms with van der Waals surface area (Å²) in [5.41, 5.74) is 0.980. The Kier molecular flexibility index (Phi) is 5.19. The molecule has 0 aliphatic carbocycles. The Morgan fingerprint density at radius 2 is 1.72 bits per heavy atom. The highest BCUT2D eigenvalue weighted by atomic mass is 35.5. The van der Waals surface area contributed by atoms with Gasteiger partial charge in [-0.25, -0.2) is 4.39 Å². The number of rotatable bonds is 2. The predicted molar refractivity (Wildman–Crippen MR) is 95.3 cm³/mol. The summed E-state index contributed by atoms with van der Waals surface area (Å²) < 4.78 is 13.8. The van der Waals surface area contributed by atoms with Crippen LogP contribution in [0.2, 0.25) is 5.02 Å². The molecule has 1 saturated heterocycles. The Morgan fingerprint density at radius 1 is 1.00 bits per heavy atom. The van der Waals surface area contributed by atoms with Crippen LogP contribution in [-0.2, 0) is 9.59 Å². The molecule has 3 rings (SSSR count). The second-order valence-corrected chi connectivity index (χ2v) is 6.13. The predicted octanol–water partition coefficient (Wildman–Crippen LogP) is 2.77. The number of halogens is 2. The first kappa shape index (κ1) is 17.2. The lowest BCUT2D eigenvalue weighted by molar-refractivity contribution is -0.143. The quantitative estimate of drug-likeness (QED) is 0.837.